The Morgan fingerprint density at radius 2 is 2.38 bits per heavy atom. The number of carbonyl (C=O) groups excluding carboxylic acids is 1. The summed E-state index contributed by atoms with van der Waals surface area (Å²) in [6.45, 7) is 0. The van der Waals surface area contributed by atoms with Gasteiger partial charge in [-0.05, 0) is 15.9 Å². The minimum atomic E-state index is -0.730. The maximum atomic E-state index is 10.4. The first-order valence-corrected chi connectivity index (χ1v) is 5.13. The van der Waals surface area contributed by atoms with Gasteiger partial charge in [-0.1, -0.05) is 0 Å². The third-order valence-electron chi connectivity index (χ3n) is 2.06. The lowest BCUT2D eigenvalue weighted by atomic mass is 10.2. The van der Waals surface area contributed by atoms with E-state index in [1.807, 2.05) is 6.07 Å². The van der Waals surface area contributed by atoms with Crippen LogP contribution in [0.15, 0.2) is 23.2 Å². The topological polar surface area (TPSA) is 83.1 Å². The molecule has 0 saturated carbocycles. The predicted octanol–water partition coefficient (Wildman–Crippen LogP) is 0.802. The van der Waals surface area contributed by atoms with Crippen molar-refractivity contribution in [3.05, 3.63) is 28.9 Å². The van der Waals surface area contributed by atoms with Gasteiger partial charge in [0.1, 0.15) is 4.60 Å². The molecule has 0 spiro atoms. The number of halogens is 1. The molecule has 6 nitrogen and oxygen atoms in total. The number of amides is 1. The molecule has 0 radical (unpaired) electrons. The Bertz CT molecular complexity index is 573. The fourth-order valence-electron chi connectivity index (χ4n) is 1.39. The molecule has 0 bridgehead atoms. The molecule has 1 atom stereocenters. The Kier molecular flexibility index (Phi) is 2.83. The van der Waals surface area contributed by atoms with Crippen LogP contribution in [0.3, 0.4) is 0 Å². The lowest BCUT2D eigenvalue weighted by Crippen LogP contribution is -2.19. The number of hydrogen-bond donors (Lipinski definition) is 1. The molecule has 7 heteroatoms. The second-order valence-corrected chi connectivity index (χ2v) is 3.77. The Hall–Kier alpha value is -1.94. The Labute approximate surface area is 99.1 Å². The lowest BCUT2D eigenvalue weighted by Gasteiger charge is -2.08. The van der Waals surface area contributed by atoms with E-state index in [9.17, 15) is 4.79 Å². The Morgan fingerprint density at radius 3 is 3.06 bits per heavy atom. The summed E-state index contributed by atoms with van der Waals surface area (Å²) in [5.74, 6) is 0. The lowest BCUT2D eigenvalue weighted by molar-refractivity contribution is -0.109. The first-order chi connectivity index (χ1) is 7.77. The van der Waals surface area contributed by atoms with Crippen molar-refractivity contribution in [2.24, 2.45) is 0 Å². The number of rotatable bonds is 3. The fourth-order valence-corrected chi connectivity index (χ4v) is 1.89. The highest BCUT2D eigenvalue weighted by atomic mass is 79.9. The second kappa shape index (κ2) is 4.28. The van der Waals surface area contributed by atoms with Gasteiger partial charge in [-0.15, -0.1) is 0 Å². The van der Waals surface area contributed by atoms with Gasteiger partial charge in [0.05, 0.1) is 30.4 Å². The maximum absolute atomic E-state index is 10.4. The first-order valence-electron chi connectivity index (χ1n) is 4.34. The molecule has 2 heterocycles. The van der Waals surface area contributed by atoms with Gasteiger partial charge in [0, 0.05) is 0 Å². The van der Waals surface area contributed by atoms with Crippen LogP contribution >= 0.6 is 15.9 Å². The fraction of sp³-hybridized carbons (Fsp3) is 0.111. The van der Waals surface area contributed by atoms with Gasteiger partial charge < -0.3 is 5.32 Å². The van der Waals surface area contributed by atoms with Crippen molar-refractivity contribution in [3.63, 3.8) is 0 Å². The molecule has 2 aromatic heterocycles. The molecule has 0 saturated heterocycles. The van der Waals surface area contributed by atoms with Gasteiger partial charge in [-0.25, -0.2) is 4.98 Å². The summed E-state index contributed by atoms with van der Waals surface area (Å²) < 4.78 is 2.38. The van der Waals surface area contributed by atoms with Crippen molar-refractivity contribution in [2.75, 3.05) is 0 Å². The average molecular weight is 280 g/mol. The number of nitrogens with zero attached hydrogens (tertiary/aromatic N) is 4. The third kappa shape index (κ3) is 1.63. The maximum Gasteiger partial charge on any atom is 0.208 e. The van der Waals surface area contributed by atoms with Crippen molar-refractivity contribution in [2.45, 2.75) is 6.04 Å². The monoisotopic (exact) mass is 279 g/mol. The molecule has 1 unspecified atom stereocenters. The van der Waals surface area contributed by atoms with Gasteiger partial charge in [0.2, 0.25) is 6.41 Å². The van der Waals surface area contributed by atoms with E-state index in [-0.39, 0.29) is 0 Å². The minimum Gasteiger partial charge on any atom is -0.338 e. The van der Waals surface area contributed by atoms with E-state index in [2.05, 4.69) is 31.2 Å². The van der Waals surface area contributed by atoms with Gasteiger partial charge in [0.25, 0.3) is 0 Å². The van der Waals surface area contributed by atoms with E-state index < -0.39 is 6.04 Å². The summed E-state index contributed by atoms with van der Waals surface area (Å²) in [7, 11) is 0. The van der Waals surface area contributed by atoms with Crippen molar-refractivity contribution in [3.8, 4) is 6.07 Å². The van der Waals surface area contributed by atoms with E-state index in [0.29, 0.717) is 22.4 Å². The molecular weight excluding hydrogens is 274 g/mol. The quantitative estimate of drug-likeness (QED) is 0.843. The summed E-state index contributed by atoms with van der Waals surface area (Å²) in [6, 6.07) is 1.25. The molecule has 80 valence electrons. The van der Waals surface area contributed by atoms with E-state index in [1.165, 1.54) is 6.20 Å². The summed E-state index contributed by atoms with van der Waals surface area (Å²) >= 11 is 3.31. The van der Waals surface area contributed by atoms with E-state index >= 15 is 0 Å². The van der Waals surface area contributed by atoms with Gasteiger partial charge in [0.15, 0.2) is 11.7 Å². The van der Waals surface area contributed by atoms with Gasteiger partial charge in [-0.2, -0.15) is 5.26 Å². The van der Waals surface area contributed by atoms with Crippen LogP contribution in [0, 0.1) is 11.3 Å². The summed E-state index contributed by atoms with van der Waals surface area (Å²) in [5, 5.41) is 11.3. The number of hydrogen-bond acceptors (Lipinski definition) is 4. The van der Waals surface area contributed by atoms with E-state index in [0.717, 1.165) is 0 Å². The number of nitriles is 1. The van der Waals surface area contributed by atoms with Crippen LogP contribution in [0.25, 0.3) is 5.65 Å². The van der Waals surface area contributed by atoms with Crippen molar-refractivity contribution in [1.29, 1.82) is 5.26 Å². The van der Waals surface area contributed by atoms with Crippen LogP contribution < -0.4 is 5.32 Å². The third-order valence-corrected chi connectivity index (χ3v) is 2.62. The standard InChI is InChI=1S/C9H6BrN5O/c10-8-3-12-4-9-13-2-7(15(8)9)6(1-11)14-5-16/h2-6H,(H,14,16). The largest absolute Gasteiger partial charge is 0.338 e. The molecule has 2 aromatic rings. The molecule has 0 aliphatic heterocycles. The van der Waals surface area contributed by atoms with Gasteiger partial charge >= 0.3 is 0 Å². The average Bonchev–Trinajstić information content (AvgIpc) is 2.71. The molecule has 0 aromatic carbocycles. The summed E-state index contributed by atoms with van der Waals surface area (Å²) in [4.78, 5) is 18.4. The zero-order valence-electron chi connectivity index (χ0n) is 7.96. The van der Waals surface area contributed by atoms with Crippen LogP contribution in [0.1, 0.15) is 11.7 Å². The number of aromatic nitrogens is 3. The van der Waals surface area contributed by atoms with E-state index in [1.54, 1.807) is 16.8 Å². The number of fused-ring (bicyclic) bond motifs is 1. The second-order valence-electron chi connectivity index (χ2n) is 2.95. The Morgan fingerprint density at radius 1 is 1.56 bits per heavy atom. The van der Waals surface area contributed by atoms with Crippen LogP contribution in [0.4, 0.5) is 0 Å². The molecular formula is C9H6BrN5O. The zero-order valence-corrected chi connectivity index (χ0v) is 9.55. The van der Waals surface area contributed by atoms with Gasteiger partial charge in [-0.3, -0.25) is 14.2 Å². The zero-order chi connectivity index (χ0) is 11.5. The summed E-state index contributed by atoms with van der Waals surface area (Å²) in [5.41, 5.74) is 1.19. The van der Waals surface area contributed by atoms with Crippen LogP contribution in [0.2, 0.25) is 0 Å². The molecule has 1 amide bonds. The van der Waals surface area contributed by atoms with Crippen molar-refractivity contribution in [1.82, 2.24) is 19.7 Å². The van der Waals surface area contributed by atoms with Crippen LogP contribution in [0.5, 0.6) is 0 Å². The smallest absolute Gasteiger partial charge is 0.208 e. The van der Waals surface area contributed by atoms with Crippen LogP contribution in [-0.4, -0.2) is 20.8 Å². The molecule has 0 aliphatic carbocycles. The SMILES string of the molecule is N#CC(NC=O)c1cnc2cncc(Br)n12. The number of carbonyl (C=O) groups is 1. The first kappa shape index (κ1) is 10.6. The van der Waals surface area contributed by atoms with E-state index in [4.69, 9.17) is 5.26 Å². The number of imidazole rings is 1. The van der Waals surface area contributed by atoms with Crippen molar-refractivity contribution < 1.29 is 4.79 Å². The predicted molar refractivity (Wildman–Crippen MR) is 58.2 cm³/mol. The highest BCUT2D eigenvalue weighted by molar-refractivity contribution is 9.10. The normalized spacial score (nSPS) is 12.0. The number of nitrogens with one attached hydrogen (secondary N) is 1. The molecule has 2 rings (SSSR count). The Balaban J connectivity index is 2.61. The highest BCUT2D eigenvalue weighted by Crippen LogP contribution is 2.19. The van der Waals surface area contributed by atoms with Crippen molar-refractivity contribution >= 4 is 28.0 Å². The molecule has 1 N–H and O–H groups in total. The molecule has 16 heavy (non-hydrogen) atoms. The minimum absolute atomic E-state index is 0.488. The molecule has 0 fully saturated rings. The molecule has 0 aliphatic rings. The highest BCUT2D eigenvalue weighted by Gasteiger charge is 2.15. The van der Waals surface area contributed by atoms with Crippen LogP contribution in [-0.2, 0) is 4.79 Å². The summed E-state index contributed by atoms with van der Waals surface area (Å²) in [6.07, 6.45) is 5.19.